The summed E-state index contributed by atoms with van der Waals surface area (Å²) in [6.07, 6.45) is 2.82. The van der Waals surface area contributed by atoms with Gasteiger partial charge in [-0.2, -0.15) is 0 Å². The highest BCUT2D eigenvalue weighted by Crippen LogP contribution is 2.32. The van der Waals surface area contributed by atoms with Gasteiger partial charge in [0.15, 0.2) is 8.68 Å². The summed E-state index contributed by atoms with van der Waals surface area (Å²) in [5.74, 6) is 1.71. The van der Waals surface area contributed by atoms with Crippen LogP contribution < -0.4 is 5.32 Å². The van der Waals surface area contributed by atoms with Crippen LogP contribution in [0.5, 0.6) is 0 Å². The third-order valence-corrected chi connectivity index (χ3v) is 5.05. The average Bonchev–Trinajstić information content (AvgIpc) is 2.86. The van der Waals surface area contributed by atoms with Crippen LogP contribution in [0.25, 0.3) is 0 Å². The topological polar surface area (TPSA) is 63.6 Å². The van der Waals surface area contributed by atoms with Gasteiger partial charge < -0.3 is 5.32 Å². The second-order valence-electron chi connectivity index (χ2n) is 3.53. The van der Waals surface area contributed by atoms with Crippen molar-refractivity contribution < 1.29 is 0 Å². The third-order valence-electron chi connectivity index (χ3n) is 2.18. The number of hydrogen-bond acceptors (Lipinski definition) is 8. The van der Waals surface area contributed by atoms with E-state index in [0.29, 0.717) is 0 Å². The average molecular weight is 313 g/mol. The van der Waals surface area contributed by atoms with Crippen molar-refractivity contribution in [3.05, 3.63) is 11.9 Å². The number of aryl methyl sites for hydroxylation is 1. The lowest BCUT2D eigenvalue weighted by Gasteiger charge is -2.06. The monoisotopic (exact) mass is 313 g/mol. The van der Waals surface area contributed by atoms with Gasteiger partial charge in [-0.1, -0.05) is 30.0 Å². The van der Waals surface area contributed by atoms with Crippen LogP contribution in [-0.2, 0) is 6.42 Å². The molecule has 0 aliphatic rings. The maximum Gasteiger partial charge on any atom is 0.181 e. The van der Waals surface area contributed by atoms with Gasteiger partial charge in [-0.15, -0.1) is 10.2 Å². The summed E-state index contributed by atoms with van der Waals surface area (Å²) in [7, 11) is 0. The number of nitrogens with zero attached hydrogens (tertiary/aromatic N) is 4. The van der Waals surface area contributed by atoms with Crippen molar-refractivity contribution >= 4 is 40.7 Å². The maximum absolute atomic E-state index is 4.51. The second-order valence-corrected chi connectivity index (χ2v) is 6.83. The van der Waals surface area contributed by atoms with E-state index in [4.69, 9.17) is 0 Å². The zero-order valence-electron chi connectivity index (χ0n) is 11.0. The quantitative estimate of drug-likeness (QED) is 0.649. The Bertz CT molecular complexity index is 543. The summed E-state index contributed by atoms with van der Waals surface area (Å²) in [5, 5.41) is 12.4. The lowest BCUT2D eigenvalue weighted by atomic mass is 10.4. The highest BCUT2D eigenvalue weighted by molar-refractivity contribution is 8.02. The normalized spacial score (nSPS) is 10.7. The first-order chi connectivity index (χ1) is 9.25. The molecule has 2 aromatic rings. The Morgan fingerprint density at radius 1 is 1.21 bits per heavy atom. The van der Waals surface area contributed by atoms with E-state index in [1.807, 2.05) is 12.3 Å². The maximum atomic E-state index is 4.51. The summed E-state index contributed by atoms with van der Waals surface area (Å²) in [6, 6.07) is 1.95. The molecule has 0 aromatic carbocycles. The van der Waals surface area contributed by atoms with Crippen molar-refractivity contribution in [3.8, 4) is 0 Å². The highest BCUT2D eigenvalue weighted by atomic mass is 32.2. The van der Waals surface area contributed by atoms with Crippen LogP contribution in [0.4, 0.5) is 5.82 Å². The number of anilines is 1. The van der Waals surface area contributed by atoms with Gasteiger partial charge in [-0.25, -0.2) is 9.97 Å². The van der Waals surface area contributed by atoms with E-state index in [-0.39, 0.29) is 0 Å². The fraction of sp³-hybridized carbons (Fsp3) is 0.455. The van der Waals surface area contributed by atoms with Crippen LogP contribution in [0.3, 0.4) is 0 Å². The van der Waals surface area contributed by atoms with E-state index in [1.54, 1.807) is 23.1 Å². The molecule has 0 saturated heterocycles. The van der Waals surface area contributed by atoms with Crippen molar-refractivity contribution in [1.82, 2.24) is 20.2 Å². The minimum Gasteiger partial charge on any atom is -0.370 e. The molecular formula is C11H15N5S3. The Hall–Kier alpha value is -0.860. The fourth-order valence-corrected chi connectivity index (χ4v) is 3.77. The number of nitrogens with one attached hydrogen (secondary N) is 1. The fourth-order valence-electron chi connectivity index (χ4n) is 1.37. The molecule has 0 amide bonds. The summed E-state index contributed by atoms with van der Waals surface area (Å²) < 4.78 is 1.88. The smallest absolute Gasteiger partial charge is 0.181 e. The molecule has 0 unspecified atom stereocenters. The van der Waals surface area contributed by atoms with E-state index < -0.39 is 0 Å². The first kappa shape index (κ1) is 14.5. The Morgan fingerprint density at radius 3 is 2.63 bits per heavy atom. The zero-order chi connectivity index (χ0) is 13.7. The van der Waals surface area contributed by atoms with E-state index in [0.717, 1.165) is 38.3 Å². The van der Waals surface area contributed by atoms with Crippen LogP contribution in [0.2, 0.25) is 0 Å². The van der Waals surface area contributed by atoms with Crippen molar-refractivity contribution in [2.24, 2.45) is 0 Å². The molecule has 0 radical (unpaired) electrons. The molecule has 0 spiro atoms. The molecule has 0 aliphatic carbocycles. The molecule has 0 bridgehead atoms. The molecule has 5 nitrogen and oxygen atoms in total. The molecule has 8 heteroatoms. The van der Waals surface area contributed by atoms with Gasteiger partial charge >= 0.3 is 0 Å². The van der Waals surface area contributed by atoms with Gasteiger partial charge in [-0.05, 0) is 24.9 Å². The Balaban J connectivity index is 2.20. The molecule has 102 valence electrons. The molecule has 2 aromatic heterocycles. The molecule has 0 fully saturated rings. The first-order valence-electron chi connectivity index (χ1n) is 5.92. The minimum absolute atomic E-state index is 0.818. The molecule has 2 heterocycles. The van der Waals surface area contributed by atoms with Gasteiger partial charge in [0, 0.05) is 19.0 Å². The van der Waals surface area contributed by atoms with Crippen molar-refractivity contribution in [2.45, 2.75) is 34.0 Å². The second kappa shape index (κ2) is 7.06. The highest BCUT2D eigenvalue weighted by Gasteiger charge is 2.09. The van der Waals surface area contributed by atoms with Crippen LogP contribution in [0, 0.1) is 0 Å². The number of thioether (sulfide) groups is 1. The van der Waals surface area contributed by atoms with E-state index in [9.17, 15) is 0 Å². The standard InChI is InChI=1S/C11H15N5S3/c1-4-7-13-8(12-5-2)6-9(14-7)18-11-16-15-10(17-3)19-11/h6H,4-5H2,1-3H3,(H,12,13,14). The van der Waals surface area contributed by atoms with Gasteiger partial charge in [0.1, 0.15) is 16.7 Å². The van der Waals surface area contributed by atoms with E-state index in [1.165, 1.54) is 11.8 Å². The Labute approximate surface area is 125 Å². The van der Waals surface area contributed by atoms with Crippen molar-refractivity contribution in [1.29, 1.82) is 0 Å². The molecule has 19 heavy (non-hydrogen) atoms. The van der Waals surface area contributed by atoms with Crippen molar-refractivity contribution in [2.75, 3.05) is 18.1 Å². The molecule has 0 atom stereocenters. The summed E-state index contributed by atoms with van der Waals surface area (Å²) in [5.41, 5.74) is 0. The SMILES string of the molecule is CCNc1cc(Sc2nnc(SC)s2)nc(CC)n1. The summed E-state index contributed by atoms with van der Waals surface area (Å²) in [6.45, 7) is 4.95. The Kier molecular flexibility index (Phi) is 5.41. The number of rotatable bonds is 6. The van der Waals surface area contributed by atoms with Gasteiger partial charge in [0.05, 0.1) is 0 Å². The third kappa shape index (κ3) is 4.05. The lowest BCUT2D eigenvalue weighted by Crippen LogP contribution is -2.03. The van der Waals surface area contributed by atoms with Gasteiger partial charge in [0.25, 0.3) is 0 Å². The summed E-state index contributed by atoms with van der Waals surface area (Å²) >= 11 is 4.72. The van der Waals surface area contributed by atoms with Gasteiger partial charge in [0.2, 0.25) is 0 Å². The Morgan fingerprint density at radius 2 is 2.00 bits per heavy atom. The first-order valence-corrected chi connectivity index (χ1v) is 8.78. The van der Waals surface area contributed by atoms with Crippen LogP contribution in [-0.4, -0.2) is 33.0 Å². The summed E-state index contributed by atoms with van der Waals surface area (Å²) in [4.78, 5) is 8.94. The predicted octanol–water partition coefficient (Wildman–Crippen LogP) is 3.20. The predicted molar refractivity (Wildman–Crippen MR) is 81.4 cm³/mol. The largest absolute Gasteiger partial charge is 0.370 e. The molecule has 0 saturated carbocycles. The number of hydrogen-bond donors (Lipinski definition) is 1. The van der Waals surface area contributed by atoms with Crippen LogP contribution in [0.1, 0.15) is 19.7 Å². The van der Waals surface area contributed by atoms with Crippen LogP contribution in [0.15, 0.2) is 19.8 Å². The lowest BCUT2D eigenvalue weighted by molar-refractivity contribution is 0.884. The number of aromatic nitrogens is 4. The molecule has 1 N–H and O–H groups in total. The van der Waals surface area contributed by atoms with E-state index >= 15 is 0 Å². The minimum atomic E-state index is 0.818. The van der Waals surface area contributed by atoms with E-state index in [2.05, 4.69) is 39.3 Å². The van der Waals surface area contributed by atoms with Crippen molar-refractivity contribution in [3.63, 3.8) is 0 Å². The van der Waals surface area contributed by atoms with Crippen LogP contribution >= 0.6 is 34.9 Å². The molecular weight excluding hydrogens is 298 g/mol. The zero-order valence-corrected chi connectivity index (χ0v) is 13.5. The van der Waals surface area contributed by atoms with Gasteiger partial charge in [-0.3, -0.25) is 0 Å². The molecule has 2 rings (SSSR count). The molecule has 0 aliphatic heterocycles.